The van der Waals surface area contributed by atoms with Crippen LogP contribution in [0.15, 0.2) is 51.8 Å². The number of amides is 3. The topological polar surface area (TPSA) is 123 Å². The van der Waals surface area contributed by atoms with Crippen molar-refractivity contribution in [2.24, 2.45) is 0 Å². The Balaban J connectivity index is 1.51. The van der Waals surface area contributed by atoms with Gasteiger partial charge in [-0.2, -0.15) is 0 Å². The van der Waals surface area contributed by atoms with E-state index in [-0.39, 0.29) is 22.1 Å². The number of carbonyl (C=O) groups excluding carboxylic acids is 3. The Morgan fingerprint density at radius 2 is 1.72 bits per heavy atom. The van der Waals surface area contributed by atoms with Crippen molar-refractivity contribution in [2.45, 2.75) is 27.7 Å². The zero-order valence-corrected chi connectivity index (χ0v) is 20.9. The van der Waals surface area contributed by atoms with E-state index in [2.05, 4.69) is 5.32 Å². The summed E-state index contributed by atoms with van der Waals surface area (Å²) in [7, 11) is 0. The number of anilines is 1. The number of furan rings is 1. The molecule has 36 heavy (non-hydrogen) atoms. The molecular weight excluding hydrogens is 482 g/mol. The van der Waals surface area contributed by atoms with Crippen LogP contribution in [-0.4, -0.2) is 33.4 Å². The first-order valence-electron chi connectivity index (χ1n) is 11.0. The fraction of sp³-hybridized carbons (Fsp3) is 0.192. The molecule has 0 unspecified atom stereocenters. The second-order valence-corrected chi connectivity index (χ2v) is 9.60. The van der Waals surface area contributed by atoms with E-state index in [0.29, 0.717) is 23.0 Å². The number of hydrogen-bond donors (Lipinski definition) is 1. The van der Waals surface area contributed by atoms with E-state index in [4.69, 9.17) is 4.42 Å². The Hall–Kier alpha value is -4.18. The lowest BCUT2D eigenvalue weighted by molar-refractivity contribution is -0.384. The number of thioether (sulfide) groups is 1. The molecule has 1 fully saturated rings. The molecule has 184 valence electrons. The zero-order chi connectivity index (χ0) is 26.1. The Bertz CT molecular complexity index is 1440. The number of carbonyl (C=O) groups is 3. The minimum Gasteiger partial charge on any atom is -0.456 e. The van der Waals surface area contributed by atoms with Crippen LogP contribution in [0.4, 0.5) is 16.2 Å². The van der Waals surface area contributed by atoms with Crippen molar-refractivity contribution < 1.29 is 23.7 Å². The largest absolute Gasteiger partial charge is 0.456 e. The van der Waals surface area contributed by atoms with Crippen LogP contribution in [0, 0.1) is 37.8 Å². The van der Waals surface area contributed by atoms with Gasteiger partial charge in [-0.1, -0.05) is 6.07 Å². The first-order valence-corrected chi connectivity index (χ1v) is 11.8. The molecule has 3 amide bonds. The number of rotatable bonds is 6. The molecule has 0 radical (unpaired) electrons. The van der Waals surface area contributed by atoms with Crippen LogP contribution in [0.1, 0.15) is 28.0 Å². The van der Waals surface area contributed by atoms with Crippen LogP contribution in [-0.2, 0) is 9.59 Å². The van der Waals surface area contributed by atoms with Crippen LogP contribution in [0.25, 0.3) is 17.4 Å². The maximum Gasteiger partial charge on any atom is 0.294 e. The number of nitro groups is 1. The number of aryl methyl sites for hydroxylation is 4. The number of imide groups is 1. The second kappa shape index (κ2) is 9.82. The monoisotopic (exact) mass is 505 g/mol. The predicted molar refractivity (Wildman–Crippen MR) is 137 cm³/mol. The molecular formula is C26H23N3O6S. The minimum absolute atomic E-state index is 0.0888. The molecule has 3 aromatic rings. The highest BCUT2D eigenvalue weighted by Crippen LogP contribution is 2.36. The molecule has 10 heteroatoms. The van der Waals surface area contributed by atoms with E-state index in [1.807, 2.05) is 26.8 Å². The highest BCUT2D eigenvalue weighted by Gasteiger charge is 2.36. The van der Waals surface area contributed by atoms with E-state index in [1.54, 1.807) is 37.3 Å². The van der Waals surface area contributed by atoms with Crippen molar-refractivity contribution in [1.82, 2.24) is 4.90 Å². The summed E-state index contributed by atoms with van der Waals surface area (Å²) >= 11 is 0.698. The van der Waals surface area contributed by atoms with Crippen LogP contribution >= 0.6 is 11.8 Å². The zero-order valence-electron chi connectivity index (χ0n) is 20.1. The summed E-state index contributed by atoms with van der Waals surface area (Å²) in [5.74, 6) is -0.590. The lowest BCUT2D eigenvalue weighted by Gasteiger charge is -2.13. The van der Waals surface area contributed by atoms with Gasteiger partial charge in [-0.3, -0.25) is 29.4 Å². The molecule has 0 bridgehead atoms. The summed E-state index contributed by atoms with van der Waals surface area (Å²) in [6.07, 6.45) is 1.39. The van der Waals surface area contributed by atoms with Gasteiger partial charge >= 0.3 is 0 Å². The maximum atomic E-state index is 12.8. The summed E-state index contributed by atoms with van der Waals surface area (Å²) < 4.78 is 5.76. The molecule has 1 aliphatic rings. The standard InChI is InChI=1S/C26H23N3O6S/c1-14-7-15(2)9-18(8-14)27-24(30)13-28-25(31)23(36-26(28)32)12-19-5-6-22(35-19)20-10-16(3)17(4)11-21(20)29(33)34/h5-12H,13H2,1-4H3,(H,27,30)/b23-12-. The van der Waals surface area contributed by atoms with Crippen LogP contribution < -0.4 is 5.32 Å². The lowest BCUT2D eigenvalue weighted by atomic mass is 10.0. The quantitative estimate of drug-likeness (QED) is 0.256. The molecule has 9 nitrogen and oxygen atoms in total. The van der Waals surface area contributed by atoms with Gasteiger partial charge in [0.1, 0.15) is 18.1 Å². The van der Waals surface area contributed by atoms with Gasteiger partial charge in [-0.15, -0.1) is 0 Å². The number of benzene rings is 2. The summed E-state index contributed by atoms with van der Waals surface area (Å²) in [6, 6.07) is 11.9. The highest BCUT2D eigenvalue weighted by molar-refractivity contribution is 8.18. The Morgan fingerprint density at radius 1 is 1.06 bits per heavy atom. The molecule has 0 spiro atoms. The Morgan fingerprint density at radius 3 is 2.39 bits per heavy atom. The van der Waals surface area contributed by atoms with Gasteiger partial charge in [0.05, 0.1) is 15.4 Å². The van der Waals surface area contributed by atoms with Gasteiger partial charge in [-0.05, 0) is 92.0 Å². The Kier molecular flexibility index (Phi) is 6.80. The smallest absolute Gasteiger partial charge is 0.294 e. The van der Waals surface area contributed by atoms with E-state index < -0.39 is 28.5 Å². The summed E-state index contributed by atoms with van der Waals surface area (Å²) in [6.45, 7) is 7.02. The van der Waals surface area contributed by atoms with Crippen molar-refractivity contribution in [2.75, 3.05) is 11.9 Å². The van der Waals surface area contributed by atoms with E-state index in [0.717, 1.165) is 27.2 Å². The van der Waals surface area contributed by atoms with Crippen LogP contribution in [0.3, 0.4) is 0 Å². The first-order chi connectivity index (χ1) is 17.0. The number of nitrogens with one attached hydrogen (secondary N) is 1. The SMILES string of the molecule is Cc1cc(C)cc(NC(=O)CN2C(=O)S/C(=C\c3ccc(-c4cc(C)c(C)cc4[N+](=O)[O-])o3)C2=O)c1. The van der Waals surface area contributed by atoms with Gasteiger partial charge < -0.3 is 9.73 Å². The van der Waals surface area contributed by atoms with Crippen molar-refractivity contribution in [1.29, 1.82) is 0 Å². The molecule has 0 atom stereocenters. The van der Waals surface area contributed by atoms with E-state index >= 15 is 0 Å². The van der Waals surface area contributed by atoms with Gasteiger partial charge in [0, 0.05) is 17.8 Å². The normalized spacial score (nSPS) is 14.6. The number of hydrogen-bond acceptors (Lipinski definition) is 7. The second-order valence-electron chi connectivity index (χ2n) is 8.61. The number of nitrogens with zero attached hydrogens (tertiary/aromatic N) is 2. The fourth-order valence-electron chi connectivity index (χ4n) is 3.88. The molecule has 0 aliphatic carbocycles. The molecule has 2 heterocycles. The van der Waals surface area contributed by atoms with Crippen molar-refractivity contribution in [3.05, 3.63) is 85.5 Å². The summed E-state index contributed by atoms with van der Waals surface area (Å²) in [4.78, 5) is 49.8. The average molecular weight is 506 g/mol. The summed E-state index contributed by atoms with van der Waals surface area (Å²) in [5, 5.41) is 13.7. The first kappa shape index (κ1) is 24.9. The van der Waals surface area contributed by atoms with Crippen LogP contribution in [0.2, 0.25) is 0 Å². The van der Waals surface area contributed by atoms with Crippen molar-refractivity contribution in [3.63, 3.8) is 0 Å². The maximum absolute atomic E-state index is 12.8. The average Bonchev–Trinajstić information content (AvgIpc) is 3.34. The van der Waals surface area contributed by atoms with Gasteiger partial charge in [0.25, 0.3) is 16.8 Å². The lowest BCUT2D eigenvalue weighted by Crippen LogP contribution is -2.36. The van der Waals surface area contributed by atoms with Crippen molar-refractivity contribution in [3.8, 4) is 11.3 Å². The van der Waals surface area contributed by atoms with E-state index in [1.165, 1.54) is 12.1 Å². The van der Waals surface area contributed by atoms with Gasteiger partial charge in [0.15, 0.2) is 0 Å². The molecule has 2 aromatic carbocycles. The molecule has 1 aromatic heterocycles. The van der Waals surface area contributed by atoms with Crippen molar-refractivity contribution >= 4 is 46.3 Å². The summed E-state index contributed by atoms with van der Waals surface area (Å²) in [5.41, 5.74) is 4.42. The van der Waals surface area contributed by atoms with Gasteiger partial charge in [0.2, 0.25) is 5.91 Å². The molecule has 4 rings (SSSR count). The predicted octanol–water partition coefficient (Wildman–Crippen LogP) is 5.76. The third-order valence-electron chi connectivity index (χ3n) is 5.66. The molecule has 0 saturated carbocycles. The van der Waals surface area contributed by atoms with Gasteiger partial charge in [-0.25, -0.2) is 0 Å². The fourth-order valence-corrected chi connectivity index (χ4v) is 4.70. The Labute approximate surface area is 211 Å². The number of nitro benzene ring substituents is 1. The molecule has 1 aliphatic heterocycles. The minimum atomic E-state index is -0.615. The molecule has 1 saturated heterocycles. The highest BCUT2D eigenvalue weighted by atomic mass is 32.2. The van der Waals surface area contributed by atoms with E-state index in [9.17, 15) is 24.5 Å². The third-order valence-corrected chi connectivity index (χ3v) is 6.56. The third kappa shape index (κ3) is 5.23. The van der Waals surface area contributed by atoms with Crippen LogP contribution in [0.5, 0.6) is 0 Å². The molecule has 1 N–H and O–H groups in total.